The summed E-state index contributed by atoms with van der Waals surface area (Å²) in [7, 11) is 2.09. The summed E-state index contributed by atoms with van der Waals surface area (Å²) in [5.41, 5.74) is 2.68. The van der Waals surface area contributed by atoms with Crippen LogP contribution in [0.4, 0.5) is 0 Å². The number of nitrogens with one attached hydrogen (secondary N) is 1. The molecule has 1 aromatic carbocycles. The summed E-state index contributed by atoms with van der Waals surface area (Å²) in [6.45, 7) is 10.2. The average molecular weight is 503 g/mol. The highest BCUT2D eigenvalue weighted by molar-refractivity contribution is 14.0. The van der Waals surface area contributed by atoms with Gasteiger partial charge in [0, 0.05) is 53.1 Å². The molecule has 1 N–H and O–H groups in total. The molecule has 2 rings (SSSR count). The van der Waals surface area contributed by atoms with Gasteiger partial charge in [-0.15, -0.1) is 24.0 Å². The fraction of sp³-hybridized carbons (Fsp3) is 0.682. The third-order valence-electron chi connectivity index (χ3n) is 4.95. The third-order valence-corrected chi connectivity index (χ3v) is 4.95. The first-order valence-corrected chi connectivity index (χ1v) is 10.5. The van der Waals surface area contributed by atoms with Gasteiger partial charge in [0.15, 0.2) is 5.96 Å². The normalized spacial score (nSPS) is 15.2. The maximum Gasteiger partial charge on any atom is 0.193 e. The summed E-state index contributed by atoms with van der Waals surface area (Å²) < 4.78 is 11.2. The van der Waals surface area contributed by atoms with Crippen LogP contribution >= 0.6 is 24.0 Å². The van der Waals surface area contributed by atoms with Crippen LogP contribution < -0.4 is 5.32 Å². The van der Waals surface area contributed by atoms with Crippen LogP contribution in [-0.4, -0.2) is 57.4 Å². The van der Waals surface area contributed by atoms with Gasteiger partial charge in [-0.25, -0.2) is 0 Å². The lowest BCUT2D eigenvalue weighted by Crippen LogP contribution is -2.38. The van der Waals surface area contributed by atoms with Crippen molar-refractivity contribution in [2.45, 2.75) is 46.1 Å². The zero-order valence-corrected chi connectivity index (χ0v) is 20.1. The molecule has 28 heavy (non-hydrogen) atoms. The highest BCUT2D eigenvalue weighted by atomic mass is 127. The van der Waals surface area contributed by atoms with Crippen molar-refractivity contribution in [1.29, 1.82) is 0 Å². The topological polar surface area (TPSA) is 46.1 Å². The van der Waals surface area contributed by atoms with Crippen LogP contribution in [0.2, 0.25) is 0 Å². The Hall–Kier alpha value is -0.860. The van der Waals surface area contributed by atoms with E-state index in [9.17, 15) is 0 Å². The predicted molar refractivity (Wildman–Crippen MR) is 128 cm³/mol. The van der Waals surface area contributed by atoms with Gasteiger partial charge in [0.05, 0.1) is 0 Å². The number of benzene rings is 1. The fourth-order valence-electron chi connectivity index (χ4n) is 3.21. The second-order valence-electron chi connectivity index (χ2n) is 7.25. The summed E-state index contributed by atoms with van der Waals surface area (Å²) in [6, 6.07) is 8.85. The van der Waals surface area contributed by atoms with Crippen LogP contribution in [0.1, 0.15) is 44.2 Å². The zero-order valence-electron chi connectivity index (χ0n) is 17.8. The second-order valence-corrected chi connectivity index (χ2v) is 7.25. The summed E-state index contributed by atoms with van der Waals surface area (Å²) in [6.07, 6.45) is 4.30. The highest BCUT2D eigenvalue weighted by Crippen LogP contribution is 2.14. The first kappa shape index (κ1) is 25.2. The summed E-state index contributed by atoms with van der Waals surface area (Å²) in [5, 5.41) is 3.39. The van der Waals surface area contributed by atoms with Crippen LogP contribution in [0.3, 0.4) is 0 Å². The molecule has 0 aromatic heterocycles. The van der Waals surface area contributed by atoms with E-state index in [0.717, 1.165) is 77.7 Å². The molecule has 0 spiro atoms. The predicted octanol–water partition coefficient (Wildman–Crippen LogP) is 4.10. The maximum atomic E-state index is 5.83. The molecule has 1 fully saturated rings. The molecule has 1 saturated heterocycles. The van der Waals surface area contributed by atoms with E-state index in [4.69, 9.17) is 14.5 Å². The van der Waals surface area contributed by atoms with E-state index in [1.807, 2.05) is 0 Å². The number of hydrogen-bond donors (Lipinski definition) is 1. The lowest BCUT2D eigenvalue weighted by molar-refractivity contribution is 0.0205. The molecule has 6 heteroatoms. The number of hydrogen-bond acceptors (Lipinski definition) is 3. The van der Waals surface area contributed by atoms with Crippen molar-refractivity contribution in [3.05, 3.63) is 35.4 Å². The Labute approximate surface area is 188 Å². The molecule has 0 saturated carbocycles. The number of guanidine groups is 1. The standard InChI is InChI=1S/C22H37N3O2.HI/c1-4-19-7-9-20(10-8-19)17-25(3)22(23-5-2)24-13-6-14-27-18-21-11-15-26-16-12-21;/h7-10,21H,4-6,11-18H2,1-3H3,(H,23,24);1H. The van der Waals surface area contributed by atoms with Crippen molar-refractivity contribution in [2.24, 2.45) is 10.9 Å². The molecule has 0 amide bonds. The Morgan fingerprint density at radius 3 is 2.50 bits per heavy atom. The van der Waals surface area contributed by atoms with Gasteiger partial charge in [-0.1, -0.05) is 31.2 Å². The van der Waals surface area contributed by atoms with Crippen molar-refractivity contribution in [1.82, 2.24) is 10.2 Å². The van der Waals surface area contributed by atoms with Crippen LogP contribution in [0.5, 0.6) is 0 Å². The Morgan fingerprint density at radius 1 is 1.18 bits per heavy atom. The highest BCUT2D eigenvalue weighted by Gasteiger charge is 2.13. The van der Waals surface area contributed by atoms with Crippen molar-refractivity contribution < 1.29 is 9.47 Å². The SMILES string of the molecule is CCNC(=NCCCOCC1CCOCC1)N(C)Cc1ccc(CC)cc1.I. The quantitative estimate of drug-likeness (QED) is 0.226. The van der Waals surface area contributed by atoms with Crippen molar-refractivity contribution in [3.63, 3.8) is 0 Å². The fourth-order valence-corrected chi connectivity index (χ4v) is 3.21. The first-order chi connectivity index (χ1) is 13.2. The van der Waals surface area contributed by atoms with Crippen molar-refractivity contribution in [2.75, 3.05) is 46.6 Å². The van der Waals surface area contributed by atoms with E-state index >= 15 is 0 Å². The number of halogens is 1. The Balaban J connectivity index is 0.00000392. The number of nitrogens with zero attached hydrogens (tertiary/aromatic N) is 2. The molecule has 1 aromatic rings. The van der Waals surface area contributed by atoms with Gasteiger partial charge >= 0.3 is 0 Å². The molecule has 1 aliphatic rings. The van der Waals surface area contributed by atoms with E-state index < -0.39 is 0 Å². The van der Waals surface area contributed by atoms with E-state index in [2.05, 4.69) is 55.4 Å². The summed E-state index contributed by atoms with van der Waals surface area (Å²) in [5.74, 6) is 1.63. The molecular weight excluding hydrogens is 465 g/mol. The zero-order chi connectivity index (χ0) is 19.3. The molecule has 0 radical (unpaired) electrons. The summed E-state index contributed by atoms with van der Waals surface area (Å²) in [4.78, 5) is 6.95. The Morgan fingerprint density at radius 2 is 1.86 bits per heavy atom. The van der Waals surface area contributed by atoms with Gasteiger partial charge in [0.2, 0.25) is 0 Å². The maximum absolute atomic E-state index is 5.83. The molecule has 0 aliphatic carbocycles. The van der Waals surface area contributed by atoms with Gasteiger partial charge in [-0.2, -0.15) is 0 Å². The minimum Gasteiger partial charge on any atom is -0.381 e. The van der Waals surface area contributed by atoms with Crippen molar-refractivity contribution >= 4 is 29.9 Å². The van der Waals surface area contributed by atoms with Crippen molar-refractivity contribution in [3.8, 4) is 0 Å². The van der Waals surface area contributed by atoms with E-state index in [0.29, 0.717) is 5.92 Å². The minimum absolute atomic E-state index is 0. The number of ether oxygens (including phenoxy) is 2. The van der Waals surface area contributed by atoms with E-state index in [-0.39, 0.29) is 24.0 Å². The van der Waals surface area contributed by atoms with Crippen LogP contribution in [0.25, 0.3) is 0 Å². The molecule has 0 atom stereocenters. The van der Waals surface area contributed by atoms with Crippen LogP contribution in [0, 0.1) is 5.92 Å². The second kappa shape index (κ2) is 15.0. The number of rotatable bonds is 10. The molecule has 5 nitrogen and oxygen atoms in total. The van der Waals surface area contributed by atoms with Gasteiger partial charge < -0.3 is 19.7 Å². The largest absolute Gasteiger partial charge is 0.381 e. The molecular formula is C22H38IN3O2. The van der Waals surface area contributed by atoms with Gasteiger partial charge in [0.1, 0.15) is 0 Å². The first-order valence-electron chi connectivity index (χ1n) is 10.5. The van der Waals surface area contributed by atoms with Crippen LogP contribution in [0.15, 0.2) is 29.3 Å². The van der Waals surface area contributed by atoms with Gasteiger partial charge in [0.25, 0.3) is 0 Å². The summed E-state index contributed by atoms with van der Waals surface area (Å²) >= 11 is 0. The van der Waals surface area contributed by atoms with Crippen LogP contribution in [-0.2, 0) is 22.4 Å². The monoisotopic (exact) mass is 503 g/mol. The average Bonchev–Trinajstić information content (AvgIpc) is 2.71. The van der Waals surface area contributed by atoms with E-state index in [1.165, 1.54) is 11.1 Å². The molecule has 1 heterocycles. The number of aliphatic imine (C=N–C) groups is 1. The third kappa shape index (κ3) is 9.56. The lowest BCUT2D eigenvalue weighted by atomic mass is 10.0. The molecule has 160 valence electrons. The Bertz CT molecular complexity index is 545. The minimum atomic E-state index is 0. The van der Waals surface area contributed by atoms with E-state index in [1.54, 1.807) is 0 Å². The van der Waals surface area contributed by atoms with Gasteiger partial charge in [-0.05, 0) is 49.7 Å². The molecule has 1 aliphatic heterocycles. The smallest absolute Gasteiger partial charge is 0.193 e. The molecule has 0 unspecified atom stereocenters. The number of aryl methyl sites for hydroxylation is 1. The lowest BCUT2D eigenvalue weighted by Gasteiger charge is -2.22. The Kier molecular flexibility index (Phi) is 13.5. The van der Waals surface area contributed by atoms with Gasteiger partial charge in [-0.3, -0.25) is 4.99 Å². The molecule has 0 bridgehead atoms.